The molecular weight excluding hydrogens is 282 g/mol. The average Bonchev–Trinajstić information content (AvgIpc) is 3.11. The van der Waals surface area contributed by atoms with Crippen molar-refractivity contribution in [2.24, 2.45) is 5.10 Å². The molecule has 0 spiro atoms. The number of carbonyl (C=O) groups is 1. The van der Waals surface area contributed by atoms with Crippen LogP contribution in [-0.4, -0.2) is 30.3 Å². The Kier molecular flexibility index (Phi) is 4.53. The van der Waals surface area contributed by atoms with Crippen LogP contribution in [-0.2, 0) is 9.47 Å². The van der Waals surface area contributed by atoms with Gasteiger partial charge in [0.2, 0.25) is 0 Å². The topological polar surface area (TPSA) is 72.8 Å². The second-order valence-electron chi connectivity index (χ2n) is 4.68. The molecule has 2 heterocycles. The van der Waals surface area contributed by atoms with Gasteiger partial charge in [-0.3, -0.25) is 9.78 Å². The highest BCUT2D eigenvalue weighted by Gasteiger charge is 2.17. The van der Waals surface area contributed by atoms with E-state index in [0.717, 1.165) is 11.1 Å². The molecule has 0 saturated carbocycles. The first kappa shape index (κ1) is 14.4. The lowest BCUT2D eigenvalue weighted by Crippen LogP contribution is -2.17. The van der Waals surface area contributed by atoms with Crippen LogP contribution in [0.25, 0.3) is 0 Å². The number of nitrogens with zero attached hydrogens (tertiary/aromatic N) is 2. The zero-order valence-corrected chi connectivity index (χ0v) is 11.8. The van der Waals surface area contributed by atoms with E-state index >= 15 is 0 Å². The van der Waals surface area contributed by atoms with Crippen molar-refractivity contribution in [1.29, 1.82) is 0 Å². The fourth-order valence-corrected chi connectivity index (χ4v) is 2.02. The predicted octanol–water partition coefficient (Wildman–Crippen LogP) is 1.89. The van der Waals surface area contributed by atoms with Crippen LogP contribution in [0.2, 0.25) is 0 Å². The number of hydrogen-bond donors (Lipinski definition) is 1. The monoisotopic (exact) mass is 297 g/mol. The van der Waals surface area contributed by atoms with E-state index < -0.39 is 0 Å². The quantitative estimate of drug-likeness (QED) is 0.691. The van der Waals surface area contributed by atoms with E-state index in [4.69, 9.17) is 9.47 Å². The van der Waals surface area contributed by atoms with Crippen molar-refractivity contribution < 1.29 is 14.3 Å². The Morgan fingerprint density at radius 3 is 2.50 bits per heavy atom. The van der Waals surface area contributed by atoms with Gasteiger partial charge in [0, 0.05) is 23.5 Å². The number of hydrazone groups is 1. The third-order valence-electron chi connectivity index (χ3n) is 3.15. The number of carbonyl (C=O) groups excluding carboxylic acids is 1. The van der Waals surface area contributed by atoms with Gasteiger partial charge in [-0.15, -0.1) is 0 Å². The number of benzene rings is 1. The van der Waals surface area contributed by atoms with Crippen LogP contribution in [0.5, 0.6) is 0 Å². The van der Waals surface area contributed by atoms with Crippen LogP contribution in [0, 0.1) is 0 Å². The molecule has 1 aliphatic rings. The van der Waals surface area contributed by atoms with Gasteiger partial charge in [0.1, 0.15) is 0 Å². The van der Waals surface area contributed by atoms with E-state index in [1.54, 1.807) is 30.7 Å². The molecule has 0 bridgehead atoms. The number of rotatable bonds is 4. The lowest BCUT2D eigenvalue weighted by Gasteiger charge is -2.08. The molecule has 1 saturated heterocycles. The van der Waals surface area contributed by atoms with Crippen LogP contribution in [0.4, 0.5) is 0 Å². The Hall–Kier alpha value is -2.57. The van der Waals surface area contributed by atoms with Gasteiger partial charge in [0.05, 0.1) is 19.4 Å². The molecule has 1 N–H and O–H groups in total. The van der Waals surface area contributed by atoms with Crippen molar-refractivity contribution in [3.8, 4) is 0 Å². The van der Waals surface area contributed by atoms with Gasteiger partial charge in [-0.05, 0) is 17.7 Å². The molecule has 2 aromatic rings. The Bertz CT molecular complexity index is 650. The van der Waals surface area contributed by atoms with Gasteiger partial charge >= 0.3 is 0 Å². The fraction of sp³-hybridized carbons (Fsp3) is 0.188. The minimum absolute atomic E-state index is 0.275. The van der Waals surface area contributed by atoms with Crippen molar-refractivity contribution >= 4 is 12.1 Å². The minimum Gasteiger partial charge on any atom is -0.346 e. The molecule has 1 aromatic carbocycles. The maximum absolute atomic E-state index is 11.8. The molecule has 0 radical (unpaired) electrons. The lowest BCUT2D eigenvalue weighted by atomic mass is 10.1. The van der Waals surface area contributed by atoms with E-state index in [9.17, 15) is 4.79 Å². The number of nitrogens with one attached hydrogen (secondary N) is 1. The van der Waals surface area contributed by atoms with E-state index in [2.05, 4.69) is 15.5 Å². The smallest absolute Gasteiger partial charge is 0.271 e. The molecule has 0 unspecified atom stereocenters. The first-order valence-electron chi connectivity index (χ1n) is 6.89. The fourth-order valence-electron chi connectivity index (χ4n) is 2.02. The van der Waals surface area contributed by atoms with Gasteiger partial charge in [0.15, 0.2) is 6.29 Å². The highest BCUT2D eigenvalue weighted by atomic mass is 16.7. The molecule has 0 atom stereocenters. The molecule has 1 fully saturated rings. The summed E-state index contributed by atoms with van der Waals surface area (Å²) in [6.07, 6.45) is 4.42. The van der Waals surface area contributed by atoms with Crippen molar-refractivity contribution in [2.75, 3.05) is 13.2 Å². The van der Waals surface area contributed by atoms with E-state index in [1.807, 2.05) is 24.3 Å². The van der Waals surface area contributed by atoms with Gasteiger partial charge in [-0.1, -0.05) is 24.3 Å². The third-order valence-corrected chi connectivity index (χ3v) is 3.15. The number of hydrogen-bond acceptors (Lipinski definition) is 5. The highest BCUT2D eigenvalue weighted by Crippen LogP contribution is 2.22. The predicted molar refractivity (Wildman–Crippen MR) is 80.4 cm³/mol. The van der Waals surface area contributed by atoms with Gasteiger partial charge < -0.3 is 9.47 Å². The van der Waals surface area contributed by atoms with Gasteiger partial charge in [-0.25, -0.2) is 5.43 Å². The third kappa shape index (κ3) is 3.55. The van der Waals surface area contributed by atoms with Crippen molar-refractivity contribution in [1.82, 2.24) is 10.4 Å². The molecular formula is C16H15N3O3. The zero-order valence-electron chi connectivity index (χ0n) is 11.8. The van der Waals surface area contributed by atoms with E-state index in [1.165, 1.54) is 0 Å². The van der Waals surface area contributed by atoms with Crippen LogP contribution in [0.15, 0.2) is 53.9 Å². The van der Waals surface area contributed by atoms with Crippen molar-refractivity contribution in [3.63, 3.8) is 0 Å². The van der Waals surface area contributed by atoms with E-state index in [-0.39, 0.29) is 12.2 Å². The van der Waals surface area contributed by atoms with E-state index in [0.29, 0.717) is 18.8 Å². The van der Waals surface area contributed by atoms with Crippen LogP contribution < -0.4 is 5.43 Å². The van der Waals surface area contributed by atoms with Gasteiger partial charge in [0.25, 0.3) is 5.91 Å². The molecule has 1 amide bonds. The summed E-state index contributed by atoms with van der Waals surface area (Å²) in [6.45, 7) is 1.24. The summed E-state index contributed by atoms with van der Waals surface area (Å²) in [5.74, 6) is -0.275. The number of aromatic nitrogens is 1. The molecule has 6 nitrogen and oxygen atoms in total. The summed E-state index contributed by atoms with van der Waals surface area (Å²) in [5.41, 5.74) is 4.82. The second-order valence-corrected chi connectivity index (χ2v) is 4.68. The molecule has 112 valence electrons. The number of amides is 1. The standard InChI is InChI=1S/C16H15N3O3/c20-15(13-5-7-17-8-6-13)19-18-11-12-1-3-14(4-2-12)16-21-9-10-22-16/h1-8,11,16H,9-10H2,(H,19,20)/b18-11+. The Morgan fingerprint density at radius 2 is 1.82 bits per heavy atom. The maximum atomic E-state index is 11.8. The Labute approximate surface area is 127 Å². The number of pyridine rings is 1. The first-order chi connectivity index (χ1) is 10.8. The largest absolute Gasteiger partial charge is 0.346 e. The number of ether oxygens (including phenoxy) is 2. The summed E-state index contributed by atoms with van der Waals surface area (Å²) in [5, 5.41) is 3.94. The Balaban J connectivity index is 1.57. The van der Waals surface area contributed by atoms with Gasteiger partial charge in [-0.2, -0.15) is 5.10 Å². The summed E-state index contributed by atoms with van der Waals surface area (Å²) in [4.78, 5) is 15.6. The summed E-state index contributed by atoms with van der Waals surface area (Å²) in [6, 6.07) is 10.9. The van der Waals surface area contributed by atoms with Crippen molar-refractivity contribution in [2.45, 2.75) is 6.29 Å². The minimum atomic E-state index is -0.280. The molecule has 1 aromatic heterocycles. The molecule has 0 aliphatic carbocycles. The van der Waals surface area contributed by atoms with Crippen molar-refractivity contribution in [3.05, 3.63) is 65.5 Å². The molecule has 3 rings (SSSR count). The van der Waals surface area contributed by atoms with Crippen LogP contribution >= 0.6 is 0 Å². The normalized spacial score (nSPS) is 15.3. The second kappa shape index (κ2) is 6.93. The summed E-state index contributed by atoms with van der Waals surface area (Å²) < 4.78 is 10.8. The SMILES string of the molecule is O=C(N/N=C/c1ccc(C2OCCO2)cc1)c1ccncc1. The van der Waals surface area contributed by atoms with Crippen LogP contribution in [0.3, 0.4) is 0 Å². The summed E-state index contributed by atoms with van der Waals surface area (Å²) in [7, 11) is 0. The Morgan fingerprint density at radius 1 is 1.14 bits per heavy atom. The molecule has 22 heavy (non-hydrogen) atoms. The first-order valence-corrected chi connectivity index (χ1v) is 6.89. The molecule has 6 heteroatoms. The highest BCUT2D eigenvalue weighted by molar-refractivity contribution is 5.94. The van der Waals surface area contributed by atoms with Crippen LogP contribution in [0.1, 0.15) is 27.8 Å². The molecule has 1 aliphatic heterocycles. The maximum Gasteiger partial charge on any atom is 0.271 e. The summed E-state index contributed by atoms with van der Waals surface area (Å²) >= 11 is 0. The average molecular weight is 297 g/mol. The lowest BCUT2D eigenvalue weighted by molar-refractivity contribution is -0.0441. The zero-order chi connectivity index (χ0) is 15.2.